The van der Waals surface area contributed by atoms with Gasteiger partial charge in [-0.1, -0.05) is 107 Å². The van der Waals surface area contributed by atoms with E-state index in [0.29, 0.717) is 103 Å². The van der Waals surface area contributed by atoms with E-state index in [9.17, 15) is 18.3 Å². The molecule has 6 atom stereocenters. The van der Waals surface area contributed by atoms with Crippen LogP contribution in [0.2, 0.25) is 0 Å². The normalized spacial score (nSPS) is 21.5. The third-order valence-electron chi connectivity index (χ3n) is 9.47. The lowest BCUT2D eigenvalue weighted by Gasteiger charge is -2.49. The van der Waals surface area contributed by atoms with Gasteiger partial charge in [0.2, 0.25) is 0 Å². The molecule has 0 aromatic heterocycles. The molecular weight excluding hydrogens is 892 g/mol. The van der Waals surface area contributed by atoms with E-state index >= 15 is 0 Å². The molecule has 0 N–H and O–H groups in total. The lowest BCUT2D eigenvalue weighted by Crippen LogP contribution is -2.66. The first-order valence-corrected chi connectivity index (χ1v) is 29.0. The average molecular weight is 977 g/mol. The van der Waals surface area contributed by atoms with Crippen molar-refractivity contribution in [3.8, 4) is 0 Å². The van der Waals surface area contributed by atoms with Crippen LogP contribution >= 0.6 is 31.3 Å². The van der Waals surface area contributed by atoms with Crippen LogP contribution < -0.4 is 0 Å². The van der Waals surface area contributed by atoms with Gasteiger partial charge in [-0.2, -0.15) is 0 Å². The molecule has 18 nitrogen and oxygen atoms in total. The molecule has 0 amide bonds. The number of hydrogen-bond acceptors (Lipinski definition) is 18. The van der Waals surface area contributed by atoms with E-state index < -0.39 is 67.9 Å². The number of phosphoric ester groups is 4. The van der Waals surface area contributed by atoms with Gasteiger partial charge in [0, 0.05) is 14.2 Å². The first kappa shape index (κ1) is 60.4. The Labute approximate surface area is 374 Å². The van der Waals surface area contributed by atoms with Crippen LogP contribution in [-0.4, -0.2) is 104 Å². The van der Waals surface area contributed by atoms with E-state index in [0.717, 1.165) is 0 Å². The largest absolute Gasteiger partial charge is 0.475 e. The number of rotatable bonds is 42. The number of ether oxygens (including phenoxy) is 2. The van der Waals surface area contributed by atoms with Gasteiger partial charge in [0.05, 0.1) is 52.9 Å². The van der Waals surface area contributed by atoms with Crippen LogP contribution in [0.4, 0.5) is 0 Å². The topological polar surface area (TPSA) is 197 Å². The standard InChI is InChI=1S/C40H84O18P4/c1-11-19-27-47-59(41,48-28-20-12-2)55-37-35(45-9)39(57-61(43,51-31-23-15-5)52-32-24-16-6)40(58-62(44,53-33-25-17-7)54-34-26-18-8)36(46-10)38(37)56-60(42,49-29-21-13-3)50-30-22-14-4/h35-40H,11-34H2,1-10H3/t35?,36?,37-,38-,39+,40+. The van der Waals surface area contributed by atoms with Gasteiger partial charge in [0.25, 0.3) is 0 Å². The van der Waals surface area contributed by atoms with Crippen LogP contribution in [0.3, 0.4) is 0 Å². The Hall–Kier alpha value is 0.360. The quantitative estimate of drug-likeness (QED) is 0.0413. The molecular formula is C40H84O18P4. The van der Waals surface area contributed by atoms with Crippen molar-refractivity contribution in [3.05, 3.63) is 0 Å². The lowest BCUT2D eigenvalue weighted by atomic mass is 9.84. The molecule has 1 saturated carbocycles. The van der Waals surface area contributed by atoms with Crippen molar-refractivity contribution >= 4 is 31.3 Å². The van der Waals surface area contributed by atoms with Gasteiger partial charge in [0.15, 0.2) is 0 Å². The van der Waals surface area contributed by atoms with Crippen molar-refractivity contribution in [2.45, 2.75) is 195 Å². The molecule has 1 rings (SSSR count). The minimum absolute atomic E-state index is 0.00698. The van der Waals surface area contributed by atoms with Crippen molar-refractivity contribution in [1.29, 1.82) is 0 Å². The summed E-state index contributed by atoms with van der Waals surface area (Å²) in [7, 11) is -15.5. The second kappa shape index (κ2) is 34.6. The fraction of sp³-hybridized carbons (Fsp3) is 1.00. The Morgan fingerprint density at radius 1 is 0.274 bits per heavy atom. The van der Waals surface area contributed by atoms with Gasteiger partial charge < -0.3 is 9.47 Å². The fourth-order valence-corrected chi connectivity index (χ4v) is 11.5. The summed E-state index contributed by atoms with van der Waals surface area (Å²) >= 11 is 0. The number of hydrogen-bond donors (Lipinski definition) is 0. The highest BCUT2D eigenvalue weighted by atomic mass is 31.2. The van der Waals surface area contributed by atoms with Crippen molar-refractivity contribution in [3.63, 3.8) is 0 Å². The number of phosphoric acid groups is 4. The van der Waals surface area contributed by atoms with Gasteiger partial charge in [-0.15, -0.1) is 0 Å². The highest BCUT2D eigenvalue weighted by molar-refractivity contribution is 7.49. The zero-order chi connectivity index (χ0) is 46.3. The third-order valence-corrected chi connectivity index (χ3v) is 15.5. The zero-order valence-electron chi connectivity index (χ0n) is 39.6. The average Bonchev–Trinajstić information content (AvgIpc) is 3.23. The predicted molar refractivity (Wildman–Crippen MR) is 238 cm³/mol. The van der Waals surface area contributed by atoms with Gasteiger partial charge in [0.1, 0.15) is 36.6 Å². The second-order valence-electron chi connectivity index (χ2n) is 15.0. The zero-order valence-corrected chi connectivity index (χ0v) is 43.1. The van der Waals surface area contributed by atoms with Crippen LogP contribution in [0.5, 0.6) is 0 Å². The summed E-state index contributed by atoms with van der Waals surface area (Å²) in [5.41, 5.74) is 0. The van der Waals surface area contributed by atoms with Crippen LogP contribution in [0.1, 0.15) is 158 Å². The summed E-state index contributed by atoms with van der Waals surface area (Å²) in [6, 6.07) is 0. The summed E-state index contributed by atoms with van der Waals surface area (Å²) in [5, 5.41) is 0. The van der Waals surface area contributed by atoms with E-state index in [-0.39, 0.29) is 52.9 Å². The van der Waals surface area contributed by atoms with Crippen LogP contribution in [0, 0.1) is 0 Å². The van der Waals surface area contributed by atoms with Gasteiger partial charge >= 0.3 is 31.3 Å². The van der Waals surface area contributed by atoms with Gasteiger partial charge in [-0.05, 0) is 51.4 Å². The SMILES string of the molecule is CCCCOP(=O)(OCCCC)O[C@@H]1C(OC)[C@H](OP(=O)(OCCCC)OCCCC)[C@@H](OP(=O)(OCCCC)OCCCC)C(OC)[C@H]1OP(=O)(OCCCC)OCCCC. The highest BCUT2D eigenvalue weighted by Gasteiger charge is 2.61. The molecule has 22 heteroatoms. The van der Waals surface area contributed by atoms with E-state index in [1.54, 1.807) is 0 Å². The maximum atomic E-state index is 14.8. The Morgan fingerprint density at radius 2 is 0.419 bits per heavy atom. The van der Waals surface area contributed by atoms with E-state index in [1.165, 1.54) is 14.2 Å². The lowest BCUT2D eigenvalue weighted by molar-refractivity contribution is -0.225. The Bertz CT molecular complexity index is 1070. The van der Waals surface area contributed by atoms with E-state index in [1.807, 2.05) is 55.4 Å². The smallest absolute Gasteiger partial charge is 0.376 e. The van der Waals surface area contributed by atoms with Crippen molar-refractivity contribution in [1.82, 2.24) is 0 Å². The number of methoxy groups -OCH3 is 2. The first-order valence-electron chi connectivity index (χ1n) is 23.1. The van der Waals surface area contributed by atoms with Crippen LogP contribution in [0.25, 0.3) is 0 Å². The third kappa shape index (κ3) is 22.9. The molecule has 0 aromatic rings. The summed E-state index contributed by atoms with van der Waals surface area (Å²) in [6.07, 6.45) is 0.305. The minimum atomic E-state index is -4.53. The molecule has 1 aliphatic carbocycles. The second-order valence-corrected chi connectivity index (χ2v) is 21.5. The maximum absolute atomic E-state index is 14.8. The molecule has 0 bridgehead atoms. The summed E-state index contributed by atoms with van der Waals surface area (Å²) < 4.78 is 144. The van der Waals surface area contributed by atoms with Gasteiger partial charge in [-0.3, -0.25) is 54.3 Å². The molecule has 0 spiro atoms. The molecule has 0 saturated heterocycles. The molecule has 2 unspecified atom stereocenters. The Morgan fingerprint density at radius 3 is 0.532 bits per heavy atom. The van der Waals surface area contributed by atoms with E-state index in [2.05, 4.69) is 0 Å². The molecule has 0 aromatic carbocycles. The summed E-state index contributed by atoms with van der Waals surface area (Å²) in [5.74, 6) is 0. The minimum Gasteiger partial charge on any atom is -0.376 e. The van der Waals surface area contributed by atoms with Crippen LogP contribution in [0.15, 0.2) is 0 Å². The summed E-state index contributed by atoms with van der Waals surface area (Å²) in [6.45, 7) is 15.6. The monoisotopic (exact) mass is 976 g/mol. The fourth-order valence-electron chi connectivity index (χ4n) is 5.69. The Balaban J connectivity index is 4.30. The molecule has 0 aliphatic heterocycles. The molecule has 62 heavy (non-hydrogen) atoms. The predicted octanol–water partition coefficient (Wildman–Crippen LogP) is 12.5. The molecule has 0 heterocycles. The molecule has 1 aliphatic rings. The first-order chi connectivity index (χ1) is 29.8. The van der Waals surface area contributed by atoms with Gasteiger partial charge in [-0.25, -0.2) is 18.3 Å². The summed E-state index contributed by atoms with van der Waals surface area (Å²) in [4.78, 5) is 0. The Kier molecular flexibility index (Phi) is 33.7. The highest BCUT2D eigenvalue weighted by Crippen LogP contribution is 2.61. The van der Waals surface area contributed by atoms with Crippen molar-refractivity contribution < 1.29 is 82.0 Å². The van der Waals surface area contributed by atoms with Crippen molar-refractivity contribution in [2.75, 3.05) is 67.1 Å². The molecule has 372 valence electrons. The number of unbranched alkanes of at least 4 members (excludes halogenated alkanes) is 8. The van der Waals surface area contributed by atoms with Crippen molar-refractivity contribution in [2.24, 2.45) is 0 Å². The molecule has 1 fully saturated rings. The van der Waals surface area contributed by atoms with Crippen LogP contribution in [-0.2, 0) is 82.0 Å². The maximum Gasteiger partial charge on any atom is 0.475 e. The van der Waals surface area contributed by atoms with E-state index in [4.69, 9.17) is 63.8 Å². The molecule has 0 radical (unpaired) electrons.